The van der Waals surface area contributed by atoms with E-state index in [1.54, 1.807) is 16.4 Å². The number of nitrogens with one attached hydrogen (secondary N) is 1. The summed E-state index contributed by atoms with van der Waals surface area (Å²) >= 11 is 0. The molecule has 4 nitrogen and oxygen atoms in total. The zero-order chi connectivity index (χ0) is 16.4. The van der Waals surface area contributed by atoms with Gasteiger partial charge in [0.2, 0.25) is 10.0 Å². The number of hydrogen-bond donors (Lipinski definition) is 1. The average Bonchev–Trinajstić information content (AvgIpc) is 2.60. The van der Waals surface area contributed by atoms with E-state index in [1.807, 2.05) is 30.3 Å². The van der Waals surface area contributed by atoms with E-state index >= 15 is 0 Å². The molecule has 3 rings (SSSR count). The van der Waals surface area contributed by atoms with Crippen molar-refractivity contribution < 1.29 is 13.3 Å². The van der Waals surface area contributed by atoms with Crippen LogP contribution in [0.15, 0.2) is 47.4 Å². The second-order valence-corrected chi connectivity index (χ2v) is 8.32. The van der Waals surface area contributed by atoms with Gasteiger partial charge < -0.3 is 4.90 Å². The second-order valence-electron chi connectivity index (χ2n) is 6.38. The Morgan fingerprint density at radius 2 is 1.74 bits per heavy atom. The maximum Gasteiger partial charge on any atom is 0.243 e. The third-order valence-electron chi connectivity index (χ3n) is 5.03. The number of nitrogens with zero attached hydrogens (tertiary/aromatic N) is 1. The SMILES string of the molecule is CC[C@H](C)[NH+]1CCN(S(=O)(=O)c2ccc3ccccc3c2)CC1. The van der Waals surface area contributed by atoms with Crippen LogP contribution < -0.4 is 4.90 Å². The van der Waals surface area contributed by atoms with Crippen LogP contribution in [0.1, 0.15) is 20.3 Å². The van der Waals surface area contributed by atoms with E-state index in [-0.39, 0.29) is 0 Å². The summed E-state index contributed by atoms with van der Waals surface area (Å²) in [7, 11) is -3.39. The molecule has 1 fully saturated rings. The van der Waals surface area contributed by atoms with Crippen LogP contribution in [0.2, 0.25) is 0 Å². The Kier molecular flexibility index (Phi) is 4.71. The number of sulfonamides is 1. The van der Waals surface area contributed by atoms with Crippen molar-refractivity contribution in [3.8, 4) is 0 Å². The summed E-state index contributed by atoms with van der Waals surface area (Å²) < 4.78 is 27.4. The molecular formula is C18H25N2O2S+. The normalized spacial score (nSPS) is 19.0. The molecular weight excluding hydrogens is 308 g/mol. The summed E-state index contributed by atoms with van der Waals surface area (Å²) in [6.45, 7) is 7.42. The fourth-order valence-corrected chi connectivity index (χ4v) is 4.75. The maximum absolute atomic E-state index is 12.9. The van der Waals surface area contributed by atoms with Gasteiger partial charge in [0.1, 0.15) is 0 Å². The van der Waals surface area contributed by atoms with Crippen molar-refractivity contribution in [2.24, 2.45) is 0 Å². The largest absolute Gasteiger partial charge is 0.331 e. The molecule has 0 aliphatic carbocycles. The molecule has 0 unspecified atom stereocenters. The molecule has 0 radical (unpaired) electrons. The summed E-state index contributed by atoms with van der Waals surface area (Å²) in [5, 5.41) is 2.04. The number of rotatable bonds is 4. The van der Waals surface area contributed by atoms with Gasteiger partial charge in [-0.25, -0.2) is 8.42 Å². The van der Waals surface area contributed by atoms with E-state index in [1.165, 1.54) is 4.90 Å². The zero-order valence-electron chi connectivity index (χ0n) is 13.8. The molecule has 124 valence electrons. The number of benzene rings is 2. The molecule has 1 saturated heterocycles. The summed E-state index contributed by atoms with van der Waals surface area (Å²) in [6.07, 6.45) is 1.13. The van der Waals surface area contributed by atoms with Crippen LogP contribution in [-0.4, -0.2) is 44.9 Å². The fraction of sp³-hybridized carbons (Fsp3) is 0.444. The predicted octanol–water partition coefficient (Wildman–Crippen LogP) is 1.53. The molecule has 0 amide bonds. The molecule has 1 atom stereocenters. The van der Waals surface area contributed by atoms with Crippen LogP contribution in [0, 0.1) is 0 Å². The first-order valence-electron chi connectivity index (χ1n) is 8.36. The summed E-state index contributed by atoms with van der Waals surface area (Å²) in [5.41, 5.74) is 0. The predicted molar refractivity (Wildman–Crippen MR) is 93.2 cm³/mol. The molecule has 0 bridgehead atoms. The first kappa shape index (κ1) is 16.4. The van der Waals surface area contributed by atoms with Gasteiger partial charge in [-0.1, -0.05) is 37.3 Å². The van der Waals surface area contributed by atoms with Crippen LogP contribution in [0.4, 0.5) is 0 Å². The highest BCUT2D eigenvalue weighted by Gasteiger charge is 2.31. The van der Waals surface area contributed by atoms with E-state index < -0.39 is 10.0 Å². The van der Waals surface area contributed by atoms with Gasteiger partial charge in [-0.05, 0) is 36.2 Å². The number of hydrogen-bond acceptors (Lipinski definition) is 2. The van der Waals surface area contributed by atoms with E-state index in [4.69, 9.17) is 0 Å². The van der Waals surface area contributed by atoms with Crippen molar-refractivity contribution >= 4 is 20.8 Å². The van der Waals surface area contributed by atoms with Crippen LogP contribution in [0.3, 0.4) is 0 Å². The van der Waals surface area contributed by atoms with E-state index in [0.29, 0.717) is 24.0 Å². The van der Waals surface area contributed by atoms with Gasteiger partial charge in [0, 0.05) is 0 Å². The molecule has 1 N–H and O–H groups in total. The Morgan fingerprint density at radius 1 is 1.09 bits per heavy atom. The third-order valence-corrected chi connectivity index (χ3v) is 6.93. The Hall–Kier alpha value is -1.43. The number of piperazine rings is 1. The summed E-state index contributed by atoms with van der Waals surface area (Å²) in [6, 6.07) is 13.9. The minimum Gasteiger partial charge on any atom is -0.331 e. The molecule has 2 aromatic carbocycles. The minimum atomic E-state index is -3.39. The highest BCUT2D eigenvalue weighted by atomic mass is 32.2. The Balaban J connectivity index is 1.81. The van der Waals surface area contributed by atoms with Crippen LogP contribution in [0.5, 0.6) is 0 Å². The Bertz CT molecular complexity index is 780. The monoisotopic (exact) mass is 333 g/mol. The van der Waals surface area contributed by atoms with Crippen LogP contribution in [-0.2, 0) is 10.0 Å². The Labute approximate surface area is 138 Å². The Morgan fingerprint density at radius 3 is 2.39 bits per heavy atom. The van der Waals surface area contributed by atoms with E-state index in [2.05, 4.69) is 13.8 Å². The van der Waals surface area contributed by atoms with Gasteiger partial charge in [-0.2, -0.15) is 4.31 Å². The maximum atomic E-state index is 12.9. The highest BCUT2D eigenvalue weighted by molar-refractivity contribution is 7.89. The lowest BCUT2D eigenvalue weighted by Crippen LogP contribution is -3.17. The van der Waals surface area contributed by atoms with Crippen molar-refractivity contribution in [2.75, 3.05) is 26.2 Å². The lowest BCUT2D eigenvalue weighted by molar-refractivity contribution is -0.927. The van der Waals surface area contributed by atoms with Gasteiger partial charge in [0.15, 0.2) is 0 Å². The van der Waals surface area contributed by atoms with Crippen molar-refractivity contribution in [1.82, 2.24) is 4.31 Å². The van der Waals surface area contributed by atoms with E-state index in [9.17, 15) is 8.42 Å². The van der Waals surface area contributed by atoms with Crippen LogP contribution >= 0.6 is 0 Å². The third kappa shape index (κ3) is 3.27. The van der Waals surface area contributed by atoms with Gasteiger partial charge in [-0.15, -0.1) is 0 Å². The van der Waals surface area contributed by atoms with Gasteiger partial charge in [0.25, 0.3) is 0 Å². The van der Waals surface area contributed by atoms with Gasteiger partial charge in [0.05, 0.1) is 37.1 Å². The minimum absolute atomic E-state index is 0.406. The zero-order valence-corrected chi connectivity index (χ0v) is 14.6. The average molecular weight is 333 g/mol. The van der Waals surface area contributed by atoms with E-state index in [0.717, 1.165) is 30.3 Å². The molecule has 23 heavy (non-hydrogen) atoms. The molecule has 2 aromatic rings. The molecule has 0 spiro atoms. The fourth-order valence-electron chi connectivity index (χ4n) is 3.27. The van der Waals surface area contributed by atoms with Gasteiger partial charge >= 0.3 is 0 Å². The number of quaternary nitrogens is 1. The molecule has 1 aliphatic rings. The molecule has 0 aromatic heterocycles. The standard InChI is InChI=1S/C18H24N2O2S/c1-3-15(2)19-10-12-20(13-11-19)23(21,22)18-9-8-16-6-4-5-7-17(16)14-18/h4-9,14-15H,3,10-13H2,1-2H3/p+1/t15-/m0/s1. The summed E-state index contributed by atoms with van der Waals surface area (Å²) in [5.74, 6) is 0. The molecule has 0 saturated carbocycles. The van der Waals surface area contributed by atoms with Gasteiger partial charge in [-0.3, -0.25) is 0 Å². The highest BCUT2D eigenvalue weighted by Crippen LogP contribution is 2.21. The molecule has 1 heterocycles. The van der Waals surface area contributed by atoms with Crippen LogP contribution in [0.25, 0.3) is 10.8 Å². The molecule has 1 aliphatic heterocycles. The number of fused-ring (bicyclic) bond motifs is 1. The molecule has 5 heteroatoms. The lowest BCUT2D eigenvalue weighted by atomic mass is 10.1. The lowest BCUT2D eigenvalue weighted by Gasteiger charge is -2.34. The van der Waals surface area contributed by atoms with Crippen molar-refractivity contribution in [1.29, 1.82) is 0 Å². The topological polar surface area (TPSA) is 41.8 Å². The summed E-state index contributed by atoms with van der Waals surface area (Å²) in [4.78, 5) is 1.92. The smallest absolute Gasteiger partial charge is 0.243 e. The van der Waals surface area contributed by atoms with Crippen molar-refractivity contribution in [3.63, 3.8) is 0 Å². The first-order valence-corrected chi connectivity index (χ1v) is 9.80. The quantitative estimate of drug-likeness (QED) is 0.922. The second kappa shape index (κ2) is 6.59. The first-order chi connectivity index (χ1) is 11.0. The van der Waals surface area contributed by atoms with Crippen molar-refractivity contribution in [3.05, 3.63) is 42.5 Å². The van der Waals surface area contributed by atoms with Crippen molar-refractivity contribution in [2.45, 2.75) is 31.2 Å².